The highest BCUT2D eigenvalue weighted by Gasteiger charge is 2.36. The summed E-state index contributed by atoms with van der Waals surface area (Å²) in [4.78, 5) is 75.8. The molecule has 0 aliphatic heterocycles. The van der Waals surface area contributed by atoms with Crippen molar-refractivity contribution in [2.75, 3.05) is 49.7 Å². The monoisotopic (exact) mass is 1070 g/mol. The highest BCUT2D eigenvalue weighted by Crippen LogP contribution is 2.38. The Hall–Kier alpha value is -5.64. The minimum absolute atomic E-state index is 0.0398. The van der Waals surface area contributed by atoms with E-state index in [0.717, 1.165) is 30.3 Å². The molecular formula is C39H44ClF7N5O14PS2. The Morgan fingerprint density at radius 3 is 2.03 bits per heavy atom. The highest BCUT2D eigenvalue weighted by atomic mass is 35.5. The van der Waals surface area contributed by atoms with Gasteiger partial charge in [0, 0.05) is 23.9 Å². The summed E-state index contributed by atoms with van der Waals surface area (Å²) in [5.41, 5.74) is -1.72. The van der Waals surface area contributed by atoms with Crippen LogP contribution in [0.5, 0.6) is 16.7 Å². The average molecular weight is 1070 g/mol. The third-order valence-electron chi connectivity index (χ3n) is 7.22. The summed E-state index contributed by atoms with van der Waals surface area (Å²) in [6.07, 6.45) is -4.68. The van der Waals surface area contributed by atoms with E-state index in [2.05, 4.69) is 29.0 Å². The lowest BCUT2D eigenvalue weighted by Gasteiger charge is -2.26. The zero-order chi connectivity index (χ0) is 53.0. The molecule has 69 heavy (non-hydrogen) atoms. The van der Waals surface area contributed by atoms with E-state index in [1.807, 2.05) is 5.32 Å². The Labute approximate surface area is 400 Å². The third kappa shape index (κ3) is 23.5. The molecule has 0 radical (unpaired) electrons. The van der Waals surface area contributed by atoms with Crippen LogP contribution in [0.3, 0.4) is 0 Å². The maximum absolute atomic E-state index is 13.0. The van der Waals surface area contributed by atoms with E-state index in [9.17, 15) is 69.5 Å². The molecule has 3 aromatic carbocycles. The van der Waals surface area contributed by atoms with E-state index >= 15 is 0 Å². The molecule has 4 aromatic rings. The number of esters is 2. The molecule has 0 aliphatic carbocycles. The van der Waals surface area contributed by atoms with E-state index in [1.54, 1.807) is 20.8 Å². The summed E-state index contributed by atoms with van der Waals surface area (Å²) in [6.45, 7) is 5.31. The highest BCUT2D eigenvalue weighted by molar-refractivity contribution is 7.94. The second kappa shape index (κ2) is 28.1. The lowest BCUT2D eigenvalue weighted by molar-refractivity contribution is -0.385. The fourth-order valence-corrected chi connectivity index (χ4v) is 5.71. The number of alkyl halides is 6. The number of ether oxygens (including phenoxy) is 4. The number of nitro benzene ring substituents is 1. The number of carboxylic acids is 1. The quantitative estimate of drug-likeness (QED) is 0.0247. The first-order chi connectivity index (χ1) is 31.8. The molecule has 1 amide bonds. The number of halogens is 8. The molecule has 0 saturated carbocycles. The van der Waals surface area contributed by atoms with Crippen LogP contribution in [0, 0.1) is 15.9 Å². The molecule has 1 heterocycles. The lowest BCUT2D eigenvalue weighted by atomic mass is 10.1. The fraction of sp³-hybridized carbons (Fsp3) is 0.385. The van der Waals surface area contributed by atoms with E-state index in [1.165, 1.54) is 36.1 Å². The SMILES string of the molecule is CC(C)N(C(=O)COc1nnc(C(F)(F)F)s1)c1ccc(F)cc1.CCOC(=O)C(C)OC(=O)c1cc(Oc2ccc(C(F)(F)F)cc2Cl)ccc1[N+](=O)[O-].C[S+](C)C.O=C(O)CNCP(=O)([O-])O. The minimum atomic E-state index is -4.61. The molecule has 0 fully saturated rings. The van der Waals surface area contributed by atoms with Gasteiger partial charge in [-0.25, -0.2) is 14.0 Å². The molecule has 0 bridgehead atoms. The minimum Gasteiger partial charge on any atom is -0.778 e. The molecule has 2 atom stereocenters. The van der Waals surface area contributed by atoms with E-state index < -0.39 is 102 Å². The van der Waals surface area contributed by atoms with Crippen molar-refractivity contribution in [3.8, 4) is 16.7 Å². The van der Waals surface area contributed by atoms with Gasteiger partial charge in [-0.3, -0.25) is 25.0 Å². The predicted molar refractivity (Wildman–Crippen MR) is 236 cm³/mol. The fourth-order valence-electron chi connectivity index (χ4n) is 4.53. The van der Waals surface area contributed by atoms with Gasteiger partial charge in [0.05, 0.1) is 53.7 Å². The molecule has 19 nitrogen and oxygen atoms in total. The normalized spacial score (nSPS) is 12.3. The van der Waals surface area contributed by atoms with Gasteiger partial charge in [-0.2, -0.15) is 26.3 Å². The predicted octanol–water partition coefficient (Wildman–Crippen LogP) is 7.34. The van der Waals surface area contributed by atoms with Crippen LogP contribution in [0.2, 0.25) is 5.02 Å². The number of aromatic nitrogens is 2. The van der Waals surface area contributed by atoms with Crippen molar-refractivity contribution < 1.29 is 93.2 Å². The number of amides is 1. The molecule has 3 N–H and O–H groups in total. The van der Waals surface area contributed by atoms with Crippen LogP contribution >= 0.6 is 30.5 Å². The number of aliphatic carboxylic acids is 1. The van der Waals surface area contributed by atoms with Crippen molar-refractivity contribution in [2.24, 2.45) is 0 Å². The zero-order valence-corrected chi connectivity index (χ0v) is 40.4. The van der Waals surface area contributed by atoms with Crippen molar-refractivity contribution in [1.29, 1.82) is 0 Å². The van der Waals surface area contributed by atoms with Crippen LogP contribution in [-0.2, 0) is 51.7 Å². The van der Waals surface area contributed by atoms with Crippen LogP contribution in [-0.4, -0.2) is 106 Å². The van der Waals surface area contributed by atoms with Gasteiger partial charge in [0.2, 0.25) is 5.01 Å². The largest absolute Gasteiger partial charge is 0.778 e. The number of hydrogen-bond acceptors (Lipinski definition) is 16. The Morgan fingerprint density at radius 2 is 1.57 bits per heavy atom. The smallest absolute Gasteiger partial charge is 0.445 e. The summed E-state index contributed by atoms with van der Waals surface area (Å²) >= 11 is 6.04. The van der Waals surface area contributed by atoms with Gasteiger partial charge in [0.25, 0.3) is 16.8 Å². The number of anilines is 1. The summed E-state index contributed by atoms with van der Waals surface area (Å²) < 4.78 is 118. The molecule has 0 aliphatic rings. The van der Waals surface area contributed by atoms with Crippen LogP contribution < -0.4 is 24.6 Å². The Bertz CT molecular complexity index is 2390. The summed E-state index contributed by atoms with van der Waals surface area (Å²) in [5, 5.41) is 25.6. The summed E-state index contributed by atoms with van der Waals surface area (Å²) in [6, 6.07) is 10.4. The van der Waals surface area contributed by atoms with Crippen molar-refractivity contribution in [1.82, 2.24) is 15.5 Å². The van der Waals surface area contributed by atoms with Gasteiger partial charge in [-0.1, -0.05) is 28.0 Å². The van der Waals surface area contributed by atoms with E-state index in [-0.39, 0.29) is 45.7 Å². The molecule has 382 valence electrons. The summed E-state index contributed by atoms with van der Waals surface area (Å²) in [5.74, 6) is -4.47. The lowest BCUT2D eigenvalue weighted by Crippen LogP contribution is -2.40. The van der Waals surface area contributed by atoms with E-state index in [4.69, 9.17) is 40.5 Å². The Kier molecular flexibility index (Phi) is 25.0. The topological polar surface area (TPSA) is 270 Å². The molecule has 1 aromatic heterocycles. The maximum atomic E-state index is 13.0. The Morgan fingerprint density at radius 1 is 0.971 bits per heavy atom. The van der Waals surface area contributed by atoms with Gasteiger partial charge < -0.3 is 43.3 Å². The number of benzene rings is 3. The van der Waals surface area contributed by atoms with Gasteiger partial charge in [-0.15, -0.1) is 5.10 Å². The number of nitrogens with one attached hydrogen (secondary N) is 1. The first-order valence-corrected chi connectivity index (χ1v) is 24.4. The molecule has 2 unspecified atom stereocenters. The number of carbonyl (C=O) groups is 4. The number of nitrogens with zero attached hydrogens (tertiary/aromatic N) is 4. The second-order valence-corrected chi connectivity index (χ2v) is 19.2. The second-order valence-electron chi connectivity index (χ2n) is 13.8. The van der Waals surface area contributed by atoms with Crippen LogP contribution in [0.25, 0.3) is 0 Å². The molecule has 30 heteroatoms. The summed E-state index contributed by atoms with van der Waals surface area (Å²) in [7, 11) is -3.71. The van der Waals surface area contributed by atoms with E-state index in [0.29, 0.717) is 22.6 Å². The van der Waals surface area contributed by atoms with Gasteiger partial charge in [-0.05, 0) is 87.1 Å². The maximum Gasteiger partial charge on any atom is 0.445 e. The standard InChI is InChI=1S/C19H15ClF3NO7.C14H13F4N3O2S.C3H8NO5P.C3H9S/c1-3-29-17(25)10(2)30-18(26)13-9-12(5-6-15(13)24(27)28)31-16-7-4-11(8-14(16)20)19(21,22)23;1-8(2)21(10-5-3-9(15)4-6-10)11(22)7-23-13-20-19-12(24-13)14(16,17)18;5-3(6)1-4-2-10(7,8)9;1-4(2)3/h4-10H,3H2,1-2H3;3-6,8H,7H2,1-2H3;4H,1-2H2,(H,5,6)(H2,7,8,9);1-3H3/q;;;+1/p-1. The molecule has 0 spiro atoms. The van der Waals surface area contributed by atoms with Crippen molar-refractivity contribution in [3.05, 3.63) is 97.8 Å². The molecule has 0 saturated heterocycles. The van der Waals surface area contributed by atoms with Crippen LogP contribution in [0.1, 0.15) is 48.6 Å². The number of nitro groups is 1. The molecule has 4 rings (SSSR count). The van der Waals surface area contributed by atoms with Crippen LogP contribution in [0.15, 0.2) is 60.7 Å². The number of rotatable bonds is 16. The average Bonchev–Trinajstić information content (AvgIpc) is 3.71. The van der Waals surface area contributed by atoms with Crippen LogP contribution in [0.4, 0.5) is 42.1 Å². The first-order valence-electron chi connectivity index (χ1n) is 19.0. The number of hydrogen-bond donors (Lipinski definition) is 3. The Balaban J connectivity index is 0.000000551. The number of carboxylic acid groups (broad SMARTS) is 1. The van der Waals surface area contributed by atoms with Gasteiger partial charge >= 0.3 is 30.3 Å². The third-order valence-corrected chi connectivity index (χ3v) is 9.02. The van der Waals surface area contributed by atoms with Crippen molar-refractivity contribution >= 4 is 76.6 Å². The molecular weight excluding hydrogens is 1030 g/mol. The zero-order valence-electron chi connectivity index (χ0n) is 37.1. The first kappa shape index (κ1) is 61.4. The van der Waals surface area contributed by atoms with Crippen molar-refractivity contribution in [3.63, 3.8) is 0 Å². The van der Waals surface area contributed by atoms with Gasteiger partial charge in [0.15, 0.2) is 12.7 Å². The van der Waals surface area contributed by atoms with Crippen molar-refractivity contribution in [2.45, 2.75) is 52.2 Å². The number of carbonyl (C=O) groups excluding carboxylic acids is 3. The van der Waals surface area contributed by atoms with Gasteiger partial charge in [0.1, 0.15) is 30.5 Å².